The Labute approximate surface area is 144 Å². The lowest BCUT2D eigenvalue weighted by molar-refractivity contribution is -0.135. The first-order valence-corrected chi connectivity index (χ1v) is 8.88. The summed E-state index contributed by atoms with van der Waals surface area (Å²) in [5.74, 6) is -0.306. The van der Waals surface area contributed by atoms with Crippen molar-refractivity contribution in [1.82, 2.24) is 14.9 Å². The average molecular weight is 347 g/mol. The molecule has 0 saturated heterocycles. The third-order valence-corrected chi connectivity index (χ3v) is 5.35. The molecule has 0 saturated carbocycles. The number of imidazole rings is 1. The summed E-state index contributed by atoms with van der Waals surface area (Å²) in [5, 5.41) is 25.7. The van der Waals surface area contributed by atoms with E-state index >= 15 is 0 Å². The number of rotatable bonds is 6. The highest BCUT2D eigenvalue weighted by molar-refractivity contribution is 8.03. The molecule has 3 rings (SSSR count). The Morgan fingerprint density at radius 3 is 2.96 bits per heavy atom. The molecule has 7 heteroatoms. The Bertz CT molecular complexity index is 751. The third kappa shape index (κ3) is 3.48. The first-order valence-electron chi connectivity index (χ1n) is 7.93. The number of aliphatic hydroxyl groups excluding tert-OH is 2. The van der Waals surface area contributed by atoms with E-state index in [0.29, 0.717) is 17.3 Å². The van der Waals surface area contributed by atoms with Crippen molar-refractivity contribution in [2.75, 3.05) is 6.54 Å². The van der Waals surface area contributed by atoms with Crippen molar-refractivity contribution in [3.63, 3.8) is 0 Å². The Morgan fingerprint density at radius 2 is 2.25 bits per heavy atom. The summed E-state index contributed by atoms with van der Waals surface area (Å²) in [4.78, 5) is 16.4. The highest BCUT2D eigenvalue weighted by Crippen LogP contribution is 2.26. The molecule has 1 aliphatic rings. The van der Waals surface area contributed by atoms with Crippen molar-refractivity contribution in [1.29, 1.82) is 0 Å². The molecule has 2 aromatic rings. The van der Waals surface area contributed by atoms with Gasteiger partial charge < -0.3 is 20.1 Å². The van der Waals surface area contributed by atoms with Gasteiger partial charge in [-0.2, -0.15) is 0 Å². The molecule has 0 spiro atoms. The molecule has 0 aliphatic carbocycles. The molecule has 0 fully saturated rings. The number of aliphatic hydroxyl groups is 2. The monoisotopic (exact) mass is 347 g/mol. The highest BCUT2D eigenvalue weighted by atomic mass is 32.2. The minimum atomic E-state index is -1.55. The minimum absolute atomic E-state index is 0.273. The molecule has 6 nitrogen and oxygen atoms in total. The number of aryl methyl sites for hydroxylation is 1. The standard InChI is InChI=1S/C17H21N3O3S/c1-20-13-7-3-2-6-12(13)19-16(20)14(21)15(22)17(23)18-9-8-11-5-4-10-24-11/h2-4,6-7,10-11,14-15,21-22H,5,8-9H2,1H3,(H,18,23)/t11?,14-,15-/m1/s1. The van der Waals surface area contributed by atoms with Crippen LogP contribution in [-0.2, 0) is 11.8 Å². The molecule has 24 heavy (non-hydrogen) atoms. The van der Waals surface area contributed by atoms with Crippen LogP contribution in [0.4, 0.5) is 0 Å². The fraction of sp³-hybridized carbons (Fsp3) is 0.412. The van der Waals surface area contributed by atoms with Crippen molar-refractivity contribution in [3.05, 3.63) is 41.6 Å². The number of carbonyl (C=O) groups is 1. The van der Waals surface area contributed by atoms with Gasteiger partial charge in [0.25, 0.3) is 5.91 Å². The zero-order valence-corrected chi connectivity index (χ0v) is 14.2. The maximum absolute atomic E-state index is 12.1. The quantitative estimate of drug-likeness (QED) is 0.737. The Balaban J connectivity index is 1.61. The van der Waals surface area contributed by atoms with Crippen LogP contribution in [0.25, 0.3) is 11.0 Å². The fourth-order valence-electron chi connectivity index (χ4n) is 2.79. The summed E-state index contributed by atoms with van der Waals surface area (Å²) in [5.41, 5.74) is 1.55. The predicted molar refractivity (Wildman–Crippen MR) is 94.4 cm³/mol. The number of hydrogen-bond acceptors (Lipinski definition) is 5. The summed E-state index contributed by atoms with van der Waals surface area (Å²) in [6, 6.07) is 7.42. The molecule has 0 bridgehead atoms. The van der Waals surface area contributed by atoms with E-state index in [-0.39, 0.29) is 5.82 Å². The van der Waals surface area contributed by atoms with Crippen LogP contribution < -0.4 is 5.32 Å². The summed E-state index contributed by atoms with van der Waals surface area (Å²) < 4.78 is 1.69. The van der Waals surface area contributed by atoms with Crippen molar-refractivity contribution in [2.45, 2.75) is 30.3 Å². The second-order valence-corrected chi connectivity index (χ2v) is 7.06. The summed E-state index contributed by atoms with van der Waals surface area (Å²) in [6.07, 6.45) is 1.03. The van der Waals surface area contributed by atoms with Crippen LogP contribution in [0.15, 0.2) is 35.7 Å². The van der Waals surface area contributed by atoms with E-state index in [9.17, 15) is 15.0 Å². The maximum Gasteiger partial charge on any atom is 0.252 e. The number of nitrogens with one attached hydrogen (secondary N) is 1. The number of carbonyl (C=O) groups excluding carboxylic acids is 1. The van der Waals surface area contributed by atoms with Gasteiger partial charge in [0.1, 0.15) is 11.9 Å². The predicted octanol–water partition coefficient (Wildman–Crippen LogP) is 1.49. The molecular formula is C17H21N3O3S. The second kappa shape index (κ2) is 7.38. The number of nitrogens with zero attached hydrogens (tertiary/aromatic N) is 2. The van der Waals surface area contributed by atoms with Crippen molar-refractivity contribution < 1.29 is 15.0 Å². The number of para-hydroxylation sites is 2. The van der Waals surface area contributed by atoms with Gasteiger partial charge in [0.15, 0.2) is 6.10 Å². The molecule has 1 aromatic carbocycles. The van der Waals surface area contributed by atoms with E-state index in [4.69, 9.17) is 0 Å². The van der Waals surface area contributed by atoms with Crippen molar-refractivity contribution >= 4 is 28.7 Å². The second-order valence-electron chi connectivity index (χ2n) is 5.85. The molecule has 3 atom stereocenters. The van der Waals surface area contributed by atoms with Crippen molar-refractivity contribution in [3.8, 4) is 0 Å². The van der Waals surface area contributed by atoms with Gasteiger partial charge in [-0.15, -0.1) is 11.8 Å². The molecule has 0 radical (unpaired) electrons. The molecule has 1 amide bonds. The smallest absolute Gasteiger partial charge is 0.252 e. The van der Waals surface area contributed by atoms with Gasteiger partial charge in [-0.3, -0.25) is 4.79 Å². The SMILES string of the molecule is Cn1c([C@H](O)[C@@H](O)C(=O)NCCC2CC=CS2)nc2ccccc21. The molecule has 1 aliphatic heterocycles. The largest absolute Gasteiger partial charge is 0.382 e. The van der Waals surface area contributed by atoms with Crippen LogP contribution in [0.3, 0.4) is 0 Å². The van der Waals surface area contributed by atoms with E-state index < -0.39 is 18.1 Å². The molecule has 2 heterocycles. The maximum atomic E-state index is 12.1. The zero-order valence-electron chi connectivity index (χ0n) is 13.4. The lowest BCUT2D eigenvalue weighted by Gasteiger charge is -2.18. The van der Waals surface area contributed by atoms with E-state index in [1.165, 1.54) is 0 Å². The van der Waals surface area contributed by atoms with Crippen LogP contribution in [0.5, 0.6) is 0 Å². The van der Waals surface area contributed by atoms with Gasteiger partial charge >= 0.3 is 0 Å². The normalized spacial score (nSPS) is 19.5. The highest BCUT2D eigenvalue weighted by Gasteiger charge is 2.29. The topological polar surface area (TPSA) is 87.4 Å². The first-order chi connectivity index (χ1) is 11.6. The van der Waals surface area contributed by atoms with Crippen LogP contribution in [-0.4, -0.2) is 43.6 Å². The van der Waals surface area contributed by atoms with E-state index in [1.54, 1.807) is 23.4 Å². The lowest BCUT2D eigenvalue weighted by atomic mass is 10.1. The van der Waals surface area contributed by atoms with Gasteiger partial charge in [0, 0.05) is 18.8 Å². The minimum Gasteiger partial charge on any atom is -0.382 e. The number of fused-ring (bicyclic) bond motifs is 1. The van der Waals surface area contributed by atoms with E-state index in [2.05, 4.69) is 21.8 Å². The van der Waals surface area contributed by atoms with Crippen LogP contribution in [0.1, 0.15) is 24.8 Å². The van der Waals surface area contributed by atoms with E-state index in [0.717, 1.165) is 18.4 Å². The van der Waals surface area contributed by atoms with Crippen LogP contribution in [0.2, 0.25) is 0 Å². The van der Waals surface area contributed by atoms with Gasteiger partial charge in [-0.25, -0.2) is 4.98 Å². The molecule has 128 valence electrons. The summed E-state index contributed by atoms with van der Waals surface area (Å²) in [7, 11) is 1.75. The van der Waals surface area contributed by atoms with Crippen LogP contribution >= 0.6 is 11.8 Å². The zero-order chi connectivity index (χ0) is 17.1. The number of hydrogen-bond donors (Lipinski definition) is 3. The van der Waals surface area contributed by atoms with Gasteiger partial charge in [-0.05, 0) is 30.4 Å². The van der Waals surface area contributed by atoms with Gasteiger partial charge in [0.2, 0.25) is 0 Å². The van der Waals surface area contributed by atoms with Gasteiger partial charge in [-0.1, -0.05) is 18.2 Å². The first kappa shape index (κ1) is 17.0. The number of thioether (sulfide) groups is 1. The Morgan fingerprint density at radius 1 is 1.46 bits per heavy atom. The molecule has 1 unspecified atom stereocenters. The molecular weight excluding hydrogens is 326 g/mol. The molecule has 3 N–H and O–H groups in total. The fourth-order valence-corrected chi connectivity index (χ4v) is 3.71. The van der Waals surface area contributed by atoms with E-state index in [1.807, 2.05) is 24.3 Å². The lowest BCUT2D eigenvalue weighted by Crippen LogP contribution is -2.40. The average Bonchev–Trinajstić information content (AvgIpc) is 3.22. The Hall–Kier alpha value is -1.83. The van der Waals surface area contributed by atoms with Crippen molar-refractivity contribution in [2.24, 2.45) is 7.05 Å². The summed E-state index contributed by atoms with van der Waals surface area (Å²) in [6.45, 7) is 0.477. The summed E-state index contributed by atoms with van der Waals surface area (Å²) >= 11 is 1.75. The third-order valence-electron chi connectivity index (χ3n) is 4.19. The number of allylic oxidation sites excluding steroid dienone is 1. The molecule has 1 aromatic heterocycles. The van der Waals surface area contributed by atoms with Crippen LogP contribution in [0, 0.1) is 0 Å². The van der Waals surface area contributed by atoms with Gasteiger partial charge in [0.05, 0.1) is 11.0 Å². The number of benzene rings is 1. The number of amides is 1. The Kier molecular flexibility index (Phi) is 5.23. The number of aromatic nitrogens is 2.